The maximum atomic E-state index is 9.47. The molecule has 0 amide bonds. The lowest BCUT2D eigenvalue weighted by Gasteiger charge is -2.28. The van der Waals surface area contributed by atoms with Gasteiger partial charge in [0.05, 0.1) is 12.7 Å². The van der Waals surface area contributed by atoms with E-state index in [1.54, 1.807) is 0 Å². The molecule has 0 spiro atoms. The zero-order chi connectivity index (χ0) is 12.7. The highest BCUT2D eigenvalue weighted by molar-refractivity contribution is 4.84. The summed E-state index contributed by atoms with van der Waals surface area (Å²) in [6.07, 6.45) is -5.78. The van der Waals surface area contributed by atoms with Gasteiger partial charge in [0.2, 0.25) is 0 Å². The first-order valence-electron chi connectivity index (χ1n) is 5.46. The fourth-order valence-electron chi connectivity index (χ4n) is 1.35. The van der Waals surface area contributed by atoms with Crippen molar-refractivity contribution in [2.75, 3.05) is 6.61 Å². The molecule has 5 atom stereocenters. The Morgan fingerprint density at radius 1 is 0.812 bits per heavy atom. The van der Waals surface area contributed by atoms with E-state index in [0.29, 0.717) is 12.8 Å². The van der Waals surface area contributed by atoms with Gasteiger partial charge in [-0.1, -0.05) is 19.8 Å². The zero-order valence-corrected chi connectivity index (χ0v) is 9.40. The highest BCUT2D eigenvalue weighted by atomic mass is 16.4. The van der Waals surface area contributed by atoms with Gasteiger partial charge in [-0.15, -0.1) is 0 Å². The minimum atomic E-state index is -1.69. The van der Waals surface area contributed by atoms with Crippen molar-refractivity contribution in [3.05, 3.63) is 0 Å². The zero-order valence-electron chi connectivity index (χ0n) is 9.40. The van der Waals surface area contributed by atoms with Gasteiger partial charge in [-0.25, -0.2) is 0 Å². The molecule has 6 heteroatoms. The molecule has 0 radical (unpaired) electrons. The summed E-state index contributed by atoms with van der Waals surface area (Å²) in [5.74, 6) is 0. The van der Waals surface area contributed by atoms with E-state index in [-0.39, 0.29) is 0 Å². The predicted octanol–water partition coefficient (Wildman–Crippen LogP) is -2.03. The number of hydrogen-bond donors (Lipinski definition) is 6. The SMILES string of the molecule is CCCCC(O)C(O)C(O)C(O)C(O)CO. The van der Waals surface area contributed by atoms with Crippen LogP contribution in [0.3, 0.4) is 0 Å². The van der Waals surface area contributed by atoms with E-state index in [1.807, 2.05) is 6.92 Å². The van der Waals surface area contributed by atoms with Gasteiger partial charge in [-0.3, -0.25) is 0 Å². The molecule has 0 aliphatic rings. The molecule has 5 unspecified atom stereocenters. The molecule has 0 saturated carbocycles. The quantitative estimate of drug-likeness (QED) is 0.290. The molecule has 98 valence electrons. The van der Waals surface area contributed by atoms with Crippen LogP contribution in [0, 0.1) is 0 Å². The fraction of sp³-hybridized carbons (Fsp3) is 1.00. The van der Waals surface area contributed by atoms with Gasteiger partial charge in [0.25, 0.3) is 0 Å². The molecule has 0 aromatic rings. The van der Waals surface area contributed by atoms with Crippen LogP contribution in [0.25, 0.3) is 0 Å². The lowest BCUT2D eigenvalue weighted by atomic mass is 9.97. The molecular weight excluding hydrogens is 216 g/mol. The molecule has 0 saturated heterocycles. The van der Waals surface area contributed by atoms with Gasteiger partial charge < -0.3 is 30.6 Å². The molecule has 6 N–H and O–H groups in total. The maximum Gasteiger partial charge on any atom is 0.111 e. The Kier molecular flexibility index (Phi) is 7.82. The van der Waals surface area contributed by atoms with Crippen molar-refractivity contribution in [2.24, 2.45) is 0 Å². The molecule has 0 bridgehead atoms. The average molecular weight is 238 g/mol. The third kappa shape index (κ3) is 4.73. The normalized spacial score (nSPS) is 21.2. The Morgan fingerprint density at radius 2 is 1.31 bits per heavy atom. The van der Waals surface area contributed by atoms with Crippen LogP contribution in [0.5, 0.6) is 0 Å². The first-order chi connectivity index (χ1) is 7.45. The third-order valence-corrected chi connectivity index (χ3v) is 2.53. The molecule has 6 nitrogen and oxygen atoms in total. The van der Waals surface area contributed by atoms with Crippen molar-refractivity contribution in [1.29, 1.82) is 0 Å². The molecule has 0 fully saturated rings. The summed E-state index contributed by atoms with van der Waals surface area (Å²) in [4.78, 5) is 0. The second kappa shape index (κ2) is 7.94. The van der Waals surface area contributed by atoms with Crippen LogP contribution in [0.4, 0.5) is 0 Å². The second-order valence-corrected chi connectivity index (χ2v) is 3.93. The number of unbranched alkanes of at least 4 members (excludes halogenated alkanes) is 1. The first-order valence-corrected chi connectivity index (χ1v) is 5.46. The summed E-state index contributed by atoms with van der Waals surface area (Å²) in [5, 5.41) is 55.3. The third-order valence-electron chi connectivity index (χ3n) is 2.53. The summed E-state index contributed by atoms with van der Waals surface area (Å²) < 4.78 is 0. The highest BCUT2D eigenvalue weighted by Gasteiger charge is 2.33. The standard InChI is InChI=1S/C10H22O6/c1-2-3-4-6(12)8(14)10(16)9(15)7(13)5-11/h6-16H,2-5H2,1H3. The van der Waals surface area contributed by atoms with Crippen LogP contribution in [-0.2, 0) is 0 Å². The van der Waals surface area contributed by atoms with Crippen molar-refractivity contribution in [1.82, 2.24) is 0 Å². The van der Waals surface area contributed by atoms with E-state index < -0.39 is 37.1 Å². The van der Waals surface area contributed by atoms with E-state index in [2.05, 4.69) is 0 Å². The Balaban J connectivity index is 4.19. The fourth-order valence-corrected chi connectivity index (χ4v) is 1.35. The summed E-state index contributed by atoms with van der Waals surface area (Å²) >= 11 is 0. The molecular formula is C10H22O6. The minimum Gasteiger partial charge on any atom is -0.394 e. The summed E-state index contributed by atoms with van der Waals surface area (Å²) in [6.45, 7) is 1.19. The van der Waals surface area contributed by atoms with Crippen molar-refractivity contribution in [3.63, 3.8) is 0 Å². The highest BCUT2D eigenvalue weighted by Crippen LogP contribution is 2.12. The Labute approximate surface area is 94.8 Å². The molecule has 0 heterocycles. The van der Waals surface area contributed by atoms with Gasteiger partial charge in [-0.2, -0.15) is 0 Å². The molecule has 16 heavy (non-hydrogen) atoms. The number of hydrogen-bond acceptors (Lipinski definition) is 6. The van der Waals surface area contributed by atoms with Crippen LogP contribution < -0.4 is 0 Å². The van der Waals surface area contributed by atoms with Gasteiger partial charge in [0.1, 0.15) is 24.4 Å². The van der Waals surface area contributed by atoms with Crippen molar-refractivity contribution < 1.29 is 30.6 Å². The first kappa shape index (κ1) is 15.8. The van der Waals surface area contributed by atoms with Gasteiger partial charge >= 0.3 is 0 Å². The monoisotopic (exact) mass is 238 g/mol. The number of rotatable bonds is 8. The van der Waals surface area contributed by atoms with Crippen LogP contribution in [0.1, 0.15) is 26.2 Å². The van der Waals surface area contributed by atoms with E-state index in [0.717, 1.165) is 6.42 Å². The maximum absolute atomic E-state index is 9.47. The minimum absolute atomic E-state index is 0.302. The van der Waals surface area contributed by atoms with Crippen LogP contribution >= 0.6 is 0 Å². The van der Waals surface area contributed by atoms with E-state index >= 15 is 0 Å². The topological polar surface area (TPSA) is 121 Å². The molecule has 0 aromatic carbocycles. The molecule has 0 aliphatic heterocycles. The molecule has 0 aromatic heterocycles. The van der Waals surface area contributed by atoms with Crippen molar-refractivity contribution in [3.8, 4) is 0 Å². The largest absolute Gasteiger partial charge is 0.394 e. The van der Waals surface area contributed by atoms with Crippen molar-refractivity contribution >= 4 is 0 Å². The second-order valence-electron chi connectivity index (χ2n) is 3.93. The summed E-state index contributed by atoms with van der Waals surface area (Å²) in [5.41, 5.74) is 0. The Bertz CT molecular complexity index is 177. The van der Waals surface area contributed by atoms with Crippen molar-refractivity contribution in [2.45, 2.75) is 56.7 Å². The number of aliphatic hydroxyl groups excluding tert-OH is 6. The Morgan fingerprint density at radius 3 is 1.75 bits per heavy atom. The predicted molar refractivity (Wildman–Crippen MR) is 56.6 cm³/mol. The van der Waals surface area contributed by atoms with Gasteiger partial charge in [0.15, 0.2) is 0 Å². The lowest BCUT2D eigenvalue weighted by molar-refractivity contribution is -0.141. The average Bonchev–Trinajstić information content (AvgIpc) is 2.31. The molecule has 0 aliphatic carbocycles. The lowest BCUT2D eigenvalue weighted by Crippen LogP contribution is -2.49. The Hall–Kier alpha value is -0.240. The smallest absolute Gasteiger partial charge is 0.111 e. The van der Waals surface area contributed by atoms with Crippen LogP contribution in [-0.4, -0.2) is 67.8 Å². The van der Waals surface area contributed by atoms with Crippen LogP contribution in [0.2, 0.25) is 0 Å². The van der Waals surface area contributed by atoms with E-state index in [9.17, 15) is 20.4 Å². The van der Waals surface area contributed by atoms with E-state index in [1.165, 1.54) is 0 Å². The van der Waals surface area contributed by atoms with Crippen LogP contribution in [0.15, 0.2) is 0 Å². The van der Waals surface area contributed by atoms with Gasteiger partial charge in [0, 0.05) is 0 Å². The van der Waals surface area contributed by atoms with E-state index in [4.69, 9.17) is 10.2 Å². The number of aliphatic hydroxyl groups is 6. The molecule has 0 rings (SSSR count). The van der Waals surface area contributed by atoms with Gasteiger partial charge in [-0.05, 0) is 6.42 Å². The summed E-state index contributed by atoms with van der Waals surface area (Å²) in [6, 6.07) is 0. The summed E-state index contributed by atoms with van der Waals surface area (Å²) in [7, 11) is 0.